The Morgan fingerprint density at radius 3 is 2.00 bits per heavy atom. The SMILES string of the molecule is CN1CCN(CCOCCOC(=O)C2CC2(c2ccccc2)c2ccccc2)CC1.Cl.Cl. The van der Waals surface area contributed by atoms with Crippen LogP contribution in [0.3, 0.4) is 0 Å². The van der Waals surface area contributed by atoms with Crippen LogP contribution in [0.1, 0.15) is 17.5 Å². The van der Waals surface area contributed by atoms with E-state index in [0.717, 1.165) is 39.1 Å². The van der Waals surface area contributed by atoms with Crippen LogP contribution in [0.4, 0.5) is 0 Å². The van der Waals surface area contributed by atoms with Crippen molar-refractivity contribution in [3.05, 3.63) is 71.8 Å². The van der Waals surface area contributed by atoms with Gasteiger partial charge in [0.1, 0.15) is 6.61 Å². The summed E-state index contributed by atoms with van der Waals surface area (Å²) in [5.74, 6) is -0.252. The first-order valence-electron chi connectivity index (χ1n) is 11.0. The van der Waals surface area contributed by atoms with E-state index in [1.54, 1.807) is 0 Å². The molecule has 2 aromatic rings. The van der Waals surface area contributed by atoms with Crippen molar-refractivity contribution in [3.63, 3.8) is 0 Å². The summed E-state index contributed by atoms with van der Waals surface area (Å²) in [7, 11) is 2.16. The van der Waals surface area contributed by atoms with Crippen molar-refractivity contribution in [2.24, 2.45) is 5.92 Å². The molecule has 0 N–H and O–H groups in total. The topological polar surface area (TPSA) is 42.0 Å². The number of carbonyl (C=O) groups is 1. The van der Waals surface area contributed by atoms with Crippen LogP contribution in [0.5, 0.6) is 0 Å². The molecule has 2 aromatic carbocycles. The van der Waals surface area contributed by atoms with Crippen LogP contribution >= 0.6 is 24.8 Å². The quantitative estimate of drug-likeness (QED) is 0.404. The lowest BCUT2D eigenvalue weighted by Crippen LogP contribution is -2.45. The Morgan fingerprint density at radius 2 is 1.44 bits per heavy atom. The third-order valence-electron chi connectivity index (χ3n) is 6.44. The molecule has 1 unspecified atom stereocenters. The second-order valence-corrected chi connectivity index (χ2v) is 8.38. The Hall–Kier alpha value is -1.63. The van der Waals surface area contributed by atoms with E-state index in [0.29, 0.717) is 19.8 Å². The van der Waals surface area contributed by atoms with Gasteiger partial charge in [-0.2, -0.15) is 0 Å². The lowest BCUT2D eigenvalue weighted by molar-refractivity contribution is -0.147. The molecule has 0 aromatic heterocycles. The maximum Gasteiger partial charge on any atom is 0.310 e. The molecule has 1 aliphatic heterocycles. The van der Waals surface area contributed by atoms with Crippen LogP contribution in [-0.2, 0) is 19.7 Å². The fourth-order valence-electron chi connectivity index (χ4n) is 4.49. The summed E-state index contributed by atoms with van der Waals surface area (Å²) in [4.78, 5) is 17.6. The zero-order valence-corrected chi connectivity index (χ0v) is 20.3. The molecule has 1 aliphatic carbocycles. The smallest absolute Gasteiger partial charge is 0.310 e. The molecule has 0 radical (unpaired) electrons. The fourth-order valence-corrected chi connectivity index (χ4v) is 4.49. The Morgan fingerprint density at radius 1 is 0.875 bits per heavy atom. The van der Waals surface area contributed by atoms with Gasteiger partial charge in [-0.25, -0.2) is 0 Å². The number of nitrogens with zero attached hydrogens (tertiary/aromatic N) is 2. The fraction of sp³-hybridized carbons (Fsp3) is 0.480. The maximum atomic E-state index is 12.8. The molecule has 1 saturated heterocycles. The number of hydrogen-bond donors (Lipinski definition) is 0. The maximum absolute atomic E-state index is 12.8. The first-order chi connectivity index (χ1) is 14.7. The van der Waals surface area contributed by atoms with Crippen molar-refractivity contribution in [1.82, 2.24) is 9.80 Å². The summed E-state index contributed by atoms with van der Waals surface area (Å²) in [6.07, 6.45) is 0.796. The highest BCUT2D eigenvalue weighted by Crippen LogP contribution is 2.59. The van der Waals surface area contributed by atoms with Crippen LogP contribution < -0.4 is 0 Å². The van der Waals surface area contributed by atoms with Gasteiger partial charge in [0, 0.05) is 38.1 Å². The van der Waals surface area contributed by atoms with Gasteiger partial charge in [0.15, 0.2) is 0 Å². The number of carbonyl (C=O) groups excluding carboxylic acids is 1. The Labute approximate surface area is 203 Å². The summed E-state index contributed by atoms with van der Waals surface area (Å²) in [6.45, 7) is 6.81. The van der Waals surface area contributed by atoms with E-state index >= 15 is 0 Å². The van der Waals surface area contributed by atoms with Crippen LogP contribution in [0, 0.1) is 5.92 Å². The molecule has 1 atom stereocenters. The van der Waals surface area contributed by atoms with Crippen molar-refractivity contribution in [2.45, 2.75) is 11.8 Å². The van der Waals surface area contributed by atoms with Crippen LogP contribution in [0.15, 0.2) is 60.7 Å². The van der Waals surface area contributed by atoms with E-state index in [4.69, 9.17) is 9.47 Å². The highest BCUT2D eigenvalue weighted by Gasteiger charge is 2.61. The monoisotopic (exact) mass is 480 g/mol. The van der Waals surface area contributed by atoms with Crippen molar-refractivity contribution in [1.29, 1.82) is 0 Å². The van der Waals surface area contributed by atoms with Gasteiger partial charge in [-0.3, -0.25) is 9.69 Å². The van der Waals surface area contributed by atoms with Crippen molar-refractivity contribution >= 4 is 30.8 Å². The molecule has 2 aliphatic rings. The molecule has 0 spiro atoms. The van der Waals surface area contributed by atoms with Gasteiger partial charge in [-0.1, -0.05) is 60.7 Å². The second kappa shape index (κ2) is 12.6. The first-order valence-corrected chi connectivity index (χ1v) is 11.0. The lowest BCUT2D eigenvalue weighted by Gasteiger charge is -2.32. The van der Waals surface area contributed by atoms with E-state index in [1.807, 2.05) is 36.4 Å². The third kappa shape index (κ3) is 6.24. The molecule has 1 saturated carbocycles. The van der Waals surface area contributed by atoms with Crippen LogP contribution in [0.2, 0.25) is 0 Å². The average molecular weight is 481 g/mol. The van der Waals surface area contributed by atoms with Gasteiger partial charge in [-0.05, 0) is 24.6 Å². The predicted octanol–water partition coefficient (Wildman–Crippen LogP) is 3.64. The summed E-state index contributed by atoms with van der Waals surface area (Å²) >= 11 is 0. The molecule has 1 heterocycles. The molecule has 32 heavy (non-hydrogen) atoms. The minimum absolute atomic E-state index is 0. The Balaban J connectivity index is 0.00000181. The lowest BCUT2D eigenvalue weighted by atomic mass is 9.86. The number of likely N-dealkylation sites (N-methyl/N-ethyl adjacent to an activating group) is 1. The number of piperazine rings is 1. The van der Waals surface area contributed by atoms with E-state index < -0.39 is 0 Å². The van der Waals surface area contributed by atoms with Gasteiger partial charge in [-0.15, -0.1) is 24.8 Å². The summed E-state index contributed by atoms with van der Waals surface area (Å²) in [6, 6.07) is 20.6. The van der Waals surface area contributed by atoms with Gasteiger partial charge < -0.3 is 14.4 Å². The second-order valence-electron chi connectivity index (χ2n) is 8.38. The molecule has 0 amide bonds. The van der Waals surface area contributed by atoms with Crippen LogP contribution in [-0.4, -0.2) is 75.4 Å². The number of esters is 1. The zero-order chi connectivity index (χ0) is 20.8. The molecular weight excluding hydrogens is 447 g/mol. The standard InChI is InChI=1S/C25H32N2O3.2ClH/c1-26-12-14-27(15-13-26)16-17-29-18-19-30-24(28)23-20-25(23,21-8-4-2-5-9-21)22-10-6-3-7-11-22;;/h2-11,23H,12-20H2,1H3;2*1H. The highest BCUT2D eigenvalue weighted by molar-refractivity contribution is 5.85. The first kappa shape index (κ1) is 26.6. The van der Waals surface area contributed by atoms with Crippen molar-refractivity contribution in [3.8, 4) is 0 Å². The highest BCUT2D eigenvalue weighted by atomic mass is 35.5. The normalized spacial score (nSPS) is 20.0. The minimum atomic E-state index is -0.262. The number of rotatable bonds is 9. The molecule has 176 valence electrons. The van der Waals surface area contributed by atoms with E-state index in [9.17, 15) is 4.79 Å². The van der Waals surface area contributed by atoms with Gasteiger partial charge in [0.25, 0.3) is 0 Å². The number of benzene rings is 2. The van der Waals surface area contributed by atoms with Crippen LogP contribution in [0.25, 0.3) is 0 Å². The summed E-state index contributed by atoms with van der Waals surface area (Å²) < 4.78 is 11.3. The summed E-state index contributed by atoms with van der Waals surface area (Å²) in [5.41, 5.74) is 2.10. The molecule has 5 nitrogen and oxygen atoms in total. The van der Waals surface area contributed by atoms with E-state index in [-0.39, 0.29) is 42.1 Å². The Bertz CT molecular complexity index is 775. The van der Waals surface area contributed by atoms with E-state index in [2.05, 4.69) is 41.1 Å². The summed E-state index contributed by atoms with van der Waals surface area (Å²) in [5, 5.41) is 0. The molecule has 2 fully saturated rings. The molecular formula is C25H34Cl2N2O3. The largest absolute Gasteiger partial charge is 0.463 e. The van der Waals surface area contributed by atoms with Gasteiger partial charge in [0.05, 0.1) is 19.1 Å². The zero-order valence-electron chi connectivity index (χ0n) is 18.7. The minimum Gasteiger partial charge on any atom is -0.463 e. The number of ether oxygens (including phenoxy) is 2. The van der Waals surface area contributed by atoms with Crippen molar-refractivity contribution in [2.75, 3.05) is 59.6 Å². The number of hydrogen-bond acceptors (Lipinski definition) is 5. The van der Waals surface area contributed by atoms with E-state index in [1.165, 1.54) is 11.1 Å². The van der Waals surface area contributed by atoms with Gasteiger partial charge in [0.2, 0.25) is 0 Å². The predicted molar refractivity (Wildman–Crippen MR) is 132 cm³/mol. The number of halogens is 2. The Kier molecular flexibility index (Phi) is 10.5. The molecule has 4 rings (SSSR count). The van der Waals surface area contributed by atoms with Crippen molar-refractivity contribution < 1.29 is 14.3 Å². The molecule has 7 heteroatoms. The average Bonchev–Trinajstić information content (AvgIpc) is 3.56. The van der Waals surface area contributed by atoms with Gasteiger partial charge >= 0.3 is 5.97 Å². The third-order valence-corrected chi connectivity index (χ3v) is 6.44. The molecule has 0 bridgehead atoms.